The Balaban J connectivity index is 1.46. The van der Waals surface area contributed by atoms with E-state index in [2.05, 4.69) is 42.8 Å². The Morgan fingerprint density at radius 2 is 2.00 bits per heavy atom. The minimum Gasteiger partial charge on any atom is -0.493 e. The van der Waals surface area contributed by atoms with Gasteiger partial charge in [0, 0.05) is 42.1 Å². The number of carbonyl (C=O) groups is 1. The number of hydrogen-bond donors (Lipinski definition) is 2. The van der Waals surface area contributed by atoms with Gasteiger partial charge in [-0.1, -0.05) is 32.9 Å². The third kappa shape index (κ3) is 3.80. The van der Waals surface area contributed by atoms with E-state index >= 15 is 4.39 Å². The summed E-state index contributed by atoms with van der Waals surface area (Å²) in [6.45, 7) is 7.73. The normalized spacial score (nSPS) is 16.5. The van der Waals surface area contributed by atoms with Crippen molar-refractivity contribution in [1.82, 2.24) is 4.57 Å². The van der Waals surface area contributed by atoms with E-state index in [-0.39, 0.29) is 23.6 Å². The molecule has 0 saturated heterocycles. The van der Waals surface area contributed by atoms with Crippen LogP contribution in [0.2, 0.25) is 0 Å². The minimum atomic E-state index is -0.595. The number of aromatic nitrogens is 1. The summed E-state index contributed by atoms with van der Waals surface area (Å²) in [5, 5.41) is 13.1. The third-order valence-electron chi connectivity index (χ3n) is 6.97. The predicted molar refractivity (Wildman–Crippen MR) is 127 cm³/mol. The summed E-state index contributed by atoms with van der Waals surface area (Å²) in [5.41, 5.74) is 3.46. The molecule has 2 N–H and O–H groups in total. The molecule has 1 saturated carbocycles. The maximum Gasteiger partial charge on any atom is 0.235 e. The molecule has 2 heterocycles. The summed E-state index contributed by atoms with van der Waals surface area (Å²) in [7, 11) is 0. The van der Waals surface area contributed by atoms with Crippen LogP contribution in [0.4, 0.5) is 10.1 Å². The number of aryl methyl sites for hydroxylation is 1. The second-order valence-corrected chi connectivity index (χ2v) is 10.4. The Morgan fingerprint density at radius 1 is 1.21 bits per heavy atom. The monoisotopic (exact) mass is 450 g/mol. The molecule has 0 spiro atoms. The average Bonchev–Trinajstić information content (AvgIpc) is 3.31. The maximum absolute atomic E-state index is 15.2. The van der Waals surface area contributed by atoms with E-state index in [4.69, 9.17) is 4.74 Å². The van der Waals surface area contributed by atoms with Gasteiger partial charge in [0.2, 0.25) is 5.91 Å². The number of carbonyl (C=O) groups excluding carboxylic acids is 1. The van der Waals surface area contributed by atoms with Crippen LogP contribution < -0.4 is 10.1 Å². The first-order valence-electron chi connectivity index (χ1n) is 11.7. The Bertz CT molecular complexity index is 1230. The number of rotatable bonds is 6. The molecule has 1 aromatic heterocycles. The lowest BCUT2D eigenvalue weighted by molar-refractivity contribution is -0.118. The number of benzene rings is 2. The zero-order chi connectivity index (χ0) is 23.4. The fraction of sp³-hybridized carbons (Fsp3) is 0.444. The van der Waals surface area contributed by atoms with Gasteiger partial charge in [-0.25, -0.2) is 4.39 Å². The molecule has 1 fully saturated rings. The second kappa shape index (κ2) is 7.87. The summed E-state index contributed by atoms with van der Waals surface area (Å²) in [6.07, 6.45) is 2.97. The lowest BCUT2D eigenvalue weighted by Gasteiger charge is -2.22. The van der Waals surface area contributed by atoms with Gasteiger partial charge in [-0.15, -0.1) is 0 Å². The predicted octanol–water partition coefficient (Wildman–Crippen LogP) is 5.07. The number of nitrogens with zero attached hydrogens (tertiary/aromatic N) is 1. The molecule has 5 nitrogen and oxygen atoms in total. The van der Waals surface area contributed by atoms with Gasteiger partial charge < -0.3 is 19.7 Å². The molecule has 1 amide bonds. The van der Waals surface area contributed by atoms with Crippen molar-refractivity contribution in [2.45, 2.75) is 63.8 Å². The first kappa shape index (κ1) is 22.0. The molecule has 0 unspecified atom stereocenters. The van der Waals surface area contributed by atoms with E-state index in [9.17, 15) is 9.90 Å². The smallest absolute Gasteiger partial charge is 0.235 e. The van der Waals surface area contributed by atoms with Gasteiger partial charge in [0.25, 0.3) is 0 Å². The molecule has 174 valence electrons. The summed E-state index contributed by atoms with van der Waals surface area (Å²) in [4.78, 5) is 13.3. The van der Waals surface area contributed by atoms with Crippen molar-refractivity contribution < 1.29 is 19.0 Å². The van der Waals surface area contributed by atoms with Crippen molar-refractivity contribution in [3.8, 4) is 5.75 Å². The minimum absolute atomic E-state index is 0.0801. The zero-order valence-corrected chi connectivity index (χ0v) is 19.5. The quantitative estimate of drug-likeness (QED) is 0.551. The summed E-state index contributed by atoms with van der Waals surface area (Å²) in [6, 6.07) is 11.3. The molecule has 0 atom stereocenters. The molecule has 6 heteroatoms. The summed E-state index contributed by atoms with van der Waals surface area (Å²) in [5.74, 6) is 0.292. The van der Waals surface area contributed by atoms with Crippen LogP contribution in [-0.4, -0.2) is 28.8 Å². The molecule has 5 rings (SSSR count). The molecule has 2 aliphatic rings. The van der Waals surface area contributed by atoms with Crippen LogP contribution in [-0.2, 0) is 28.6 Å². The Morgan fingerprint density at radius 3 is 2.70 bits per heavy atom. The van der Waals surface area contributed by atoms with Crippen molar-refractivity contribution in [1.29, 1.82) is 0 Å². The highest BCUT2D eigenvalue weighted by Crippen LogP contribution is 2.50. The van der Waals surface area contributed by atoms with Crippen LogP contribution in [0.25, 0.3) is 10.9 Å². The van der Waals surface area contributed by atoms with Crippen LogP contribution in [0.1, 0.15) is 56.9 Å². The fourth-order valence-electron chi connectivity index (χ4n) is 4.97. The number of hydrogen-bond acceptors (Lipinski definition) is 3. The summed E-state index contributed by atoms with van der Waals surface area (Å²) >= 11 is 0. The zero-order valence-electron chi connectivity index (χ0n) is 19.5. The molecular formula is C27H31FN2O3. The van der Waals surface area contributed by atoms with Crippen LogP contribution in [0.5, 0.6) is 5.75 Å². The molecule has 3 aromatic rings. The maximum atomic E-state index is 15.2. The molecule has 2 aromatic carbocycles. The van der Waals surface area contributed by atoms with E-state index in [1.165, 1.54) is 6.07 Å². The number of ether oxygens (including phenoxy) is 1. The first-order chi connectivity index (χ1) is 15.7. The molecule has 0 bridgehead atoms. The van der Waals surface area contributed by atoms with Crippen molar-refractivity contribution in [2.75, 3.05) is 18.5 Å². The molecule has 33 heavy (non-hydrogen) atoms. The van der Waals surface area contributed by atoms with Crippen LogP contribution in [0.3, 0.4) is 0 Å². The highest BCUT2D eigenvalue weighted by molar-refractivity contribution is 6.02. The Labute approximate surface area is 193 Å². The standard InChI is InChI=1S/C27H31FN2O3/c1-26(2,3)24-15-18-14-21(20(28)16-22(18)30(24)10-4-11-31)29-25(32)27(8-9-27)19-5-6-23-17(13-19)7-12-33-23/h5-6,13-16,31H,4,7-12H2,1-3H3,(H,29,32). The van der Waals surface area contributed by atoms with Gasteiger partial charge in [0.15, 0.2) is 0 Å². The lowest BCUT2D eigenvalue weighted by Crippen LogP contribution is -2.28. The van der Waals surface area contributed by atoms with Gasteiger partial charge in [-0.05, 0) is 48.6 Å². The lowest BCUT2D eigenvalue weighted by atomic mass is 9.92. The Kier molecular flexibility index (Phi) is 5.24. The highest BCUT2D eigenvalue weighted by Gasteiger charge is 2.51. The molecular weight excluding hydrogens is 419 g/mol. The van der Waals surface area contributed by atoms with E-state index in [0.717, 1.165) is 52.7 Å². The number of fused-ring (bicyclic) bond motifs is 2. The van der Waals surface area contributed by atoms with Gasteiger partial charge in [0.05, 0.1) is 23.2 Å². The largest absolute Gasteiger partial charge is 0.493 e. The van der Waals surface area contributed by atoms with E-state index in [0.29, 0.717) is 19.6 Å². The SMILES string of the molecule is CC(C)(C)c1cc2cc(NC(=O)C3(c4ccc5c(c4)CCO5)CC3)c(F)cc2n1CCCO. The average molecular weight is 451 g/mol. The van der Waals surface area contributed by atoms with E-state index in [1.807, 2.05) is 12.1 Å². The third-order valence-corrected chi connectivity index (χ3v) is 6.97. The van der Waals surface area contributed by atoms with Crippen LogP contribution in [0.15, 0.2) is 36.4 Å². The van der Waals surface area contributed by atoms with Gasteiger partial charge in [-0.2, -0.15) is 0 Å². The topological polar surface area (TPSA) is 63.5 Å². The molecule has 1 aliphatic heterocycles. The van der Waals surface area contributed by atoms with Crippen LogP contribution in [0, 0.1) is 5.82 Å². The molecule has 1 aliphatic carbocycles. The molecule has 0 radical (unpaired) electrons. The Hall–Kier alpha value is -2.86. The van der Waals surface area contributed by atoms with E-state index in [1.54, 1.807) is 6.07 Å². The van der Waals surface area contributed by atoms with Crippen molar-refractivity contribution in [3.63, 3.8) is 0 Å². The summed E-state index contributed by atoms with van der Waals surface area (Å²) < 4.78 is 22.9. The highest BCUT2D eigenvalue weighted by atomic mass is 19.1. The van der Waals surface area contributed by atoms with Gasteiger partial charge in [-0.3, -0.25) is 4.79 Å². The number of nitrogens with one attached hydrogen (secondary N) is 1. The number of halogens is 1. The number of aliphatic hydroxyl groups excluding tert-OH is 1. The van der Waals surface area contributed by atoms with Gasteiger partial charge >= 0.3 is 0 Å². The van der Waals surface area contributed by atoms with Crippen molar-refractivity contribution in [2.24, 2.45) is 0 Å². The second-order valence-electron chi connectivity index (χ2n) is 10.4. The number of aliphatic hydroxyl groups is 1. The van der Waals surface area contributed by atoms with Crippen LogP contribution >= 0.6 is 0 Å². The van der Waals surface area contributed by atoms with Crippen molar-refractivity contribution >= 4 is 22.5 Å². The van der Waals surface area contributed by atoms with Crippen molar-refractivity contribution in [3.05, 3.63) is 59.0 Å². The first-order valence-corrected chi connectivity index (χ1v) is 11.7. The van der Waals surface area contributed by atoms with E-state index < -0.39 is 11.2 Å². The number of anilines is 1. The number of amides is 1. The fourth-order valence-corrected chi connectivity index (χ4v) is 4.97. The van der Waals surface area contributed by atoms with Gasteiger partial charge in [0.1, 0.15) is 11.6 Å².